The number of rotatable bonds is 6. The maximum absolute atomic E-state index is 11.0. The van der Waals surface area contributed by atoms with Gasteiger partial charge in [0.1, 0.15) is 17.6 Å². The molecule has 17 heavy (non-hydrogen) atoms. The van der Waals surface area contributed by atoms with Gasteiger partial charge in [0.15, 0.2) is 0 Å². The van der Waals surface area contributed by atoms with Crippen LogP contribution in [-0.2, 0) is 9.53 Å². The van der Waals surface area contributed by atoms with Crippen molar-refractivity contribution in [1.29, 1.82) is 0 Å². The lowest BCUT2D eigenvalue weighted by Crippen LogP contribution is -2.17. The van der Waals surface area contributed by atoms with Gasteiger partial charge in [-0.2, -0.15) is 0 Å². The number of methoxy groups -OCH3 is 1. The zero-order valence-electron chi connectivity index (χ0n) is 10.4. The van der Waals surface area contributed by atoms with Crippen LogP contribution in [0.25, 0.3) is 0 Å². The van der Waals surface area contributed by atoms with Crippen LogP contribution in [0.3, 0.4) is 0 Å². The average Bonchev–Trinajstić information content (AvgIpc) is 2.31. The van der Waals surface area contributed by atoms with Crippen molar-refractivity contribution in [3.8, 4) is 11.5 Å². The van der Waals surface area contributed by atoms with Gasteiger partial charge in [-0.25, -0.2) is 0 Å². The van der Waals surface area contributed by atoms with Gasteiger partial charge in [-0.1, -0.05) is 0 Å². The molecule has 1 rings (SSSR count). The standard InChI is InChI=1S/C13H18O4/c1-4-16-11-5-7-12(8-6-11)17-10(2)9-13(14)15-3/h5-8,10H,4,9H2,1-3H3. The fraction of sp³-hybridized carbons (Fsp3) is 0.462. The zero-order valence-corrected chi connectivity index (χ0v) is 10.4. The van der Waals surface area contributed by atoms with Crippen LogP contribution in [0.15, 0.2) is 24.3 Å². The number of benzene rings is 1. The summed E-state index contributed by atoms with van der Waals surface area (Å²) in [5, 5.41) is 0. The molecule has 0 aromatic heterocycles. The molecule has 0 radical (unpaired) electrons. The molecule has 4 nitrogen and oxygen atoms in total. The van der Waals surface area contributed by atoms with Crippen LogP contribution in [0.5, 0.6) is 11.5 Å². The Balaban J connectivity index is 2.48. The predicted octanol–water partition coefficient (Wildman–Crippen LogP) is 2.42. The van der Waals surface area contributed by atoms with Crippen molar-refractivity contribution in [2.24, 2.45) is 0 Å². The molecule has 0 amide bonds. The Labute approximate surface area is 101 Å². The minimum Gasteiger partial charge on any atom is -0.494 e. The van der Waals surface area contributed by atoms with Crippen LogP contribution in [-0.4, -0.2) is 25.8 Å². The van der Waals surface area contributed by atoms with Crippen LogP contribution >= 0.6 is 0 Å². The number of carbonyl (C=O) groups is 1. The third-order valence-corrected chi connectivity index (χ3v) is 2.15. The molecule has 0 N–H and O–H groups in total. The second kappa shape index (κ2) is 6.78. The number of hydrogen-bond acceptors (Lipinski definition) is 4. The Hall–Kier alpha value is -1.71. The zero-order chi connectivity index (χ0) is 12.7. The summed E-state index contributed by atoms with van der Waals surface area (Å²) in [6.45, 7) is 4.40. The highest BCUT2D eigenvalue weighted by Crippen LogP contribution is 2.19. The van der Waals surface area contributed by atoms with Crippen molar-refractivity contribution in [3.63, 3.8) is 0 Å². The summed E-state index contributed by atoms with van der Waals surface area (Å²) >= 11 is 0. The highest BCUT2D eigenvalue weighted by molar-refractivity contribution is 5.69. The highest BCUT2D eigenvalue weighted by Gasteiger charge is 2.10. The molecule has 0 saturated heterocycles. The Morgan fingerprint density at radius 3 is 2.35 bits per heavy atom. The molecule has 0 aliphatic rings. The highest BCUT2D eigenvalue weighted by atomic mass is 16.5. The second-order valence-electron chi connectivity index (χ2n) is 3.61. The second-order valence-corrected chi connectivity index (χ2v) is 3.61. The van der Waals surface area contributed by atoms with E-state index in [0.29, 0.717) is 12.4 Å². The van der Waals surface area contributed by atoms with E-state index in [1.165, 1.54) is 7.11 Å². The molecular weight excluding hydrogens is 220 g/mol. The fourth-order valence-corrected chi connectivity index (χ4v) is 1.37. The molecule has 0 saturated carbocycles. The lowest BCUT2D eigenvalue weighted by atomic mass is 10.2. The van der Waals surface area contributed by atoms with Gasteiger partial charge in [0.2, 0.25) is 0 Å². The Kier molecular flexibility index (Phi) is 5.33. The molecule has 0 bridgehead atoms. The molecule has 1 aromatic carbocycles. The van der Waals surface area contributed by atoms with E-state index in [0.717, 1.165) is 5.75 Å². The Morgan fingerprint density at radius 2 is 1.82 bits per heavy atom. The summed E-state index contributed by atoms with van der Waals surface area (Å²) in [5.41, 5.74) is 0. The molecule has 0 aliphatic carbocycles. The minimum atomic E-state index is -0.275. The van der Waals surface area contributed by atoms with E-state index < -0.39 is 0 Å². The van der Waals surface area contributed by atoms with Crippen LogP contribution in [0, 0.1) is 0 Å². The summed E-state index contributed by atoms with van der Waals surface area (Å²) in [7, 11) is 1.37. The smallest absolute Gasteiger partial charge is 0.309 e. The Morgan fingerprint density at radius 1 is 1.24 bits per heavy atom. The monoisotopic (exact) mass is 238 g/mol. The predicted molar refractivity (Wildman–Crippen MR) is 64.3 cm³/mol. The van der Waals surface area contributed by atoms with Crippen molar-refractivity contribution in [1.82, 2.24) is 0 Å². The number of carbonyl (C=O) groups excluding carboxylic acids is 1. The van der Waals surface area contributed by atoms with Gasteiger partial charge in [-0.15, -0.1) is 0 Å². The molecule has 1 unspecified atom stereocenters. The van der Waals surface area contributed by atoms with Crippen molar-refractivity contribution >= 4 is 5.97 Å². The summed E-state index contributed by atoms with van der Waals surface area (Å²) in [4.78, 5) is 11.0. The normalized spacial score (nSPS) is 11.7. The molecule has 1 aromatic rings. The molecule has 4 heteroatoms. The fourth-order valence-electron chi connectivity index (χ4n) is 1.37. The van der Waals surface area contributed by atoms with E-state index in [9.17, 15) is 4.79 Å². The largest absolute Gasteiger partial charge is 0.494 e. The van der Waals surface area contributed by atoms with E-state index in [1.807, 2.05) is 38.1 Å². The molecule has 0 spiro atoms. The average molecular weight is 238 g/mol. The molecule has 1 atom stereocenters. The van der Waals surface area contributed by atoms with Gasteiger partial charge in [0, 0.05) is 0 Å². The van der Waals surface area contributed by atoms with Crippen molar-refractivity contribution in [2.45, 2.75) is 26.4 Å². The maximum Gasteiger partial charge on any atom is 0.309 e. The van der Waals surface area contributed by atoms with E-state index in [4.69, 9.17) is 9.47 Å². The first-order valence-corrected chi connectivity index (χ1v) is 5.62. The lowest BCUT2D eigenvalue weighted by molar-refractivity contribution is -0.142. The Bertz CT molecular complexity index is 345. The summed E-state index contributed by atoms with van der Waals surface area (Å²) in [6.07, 6.45) is 0.0318. The third kappa shape index (κ3) is 4.76. The van der Waals surface area contributed by atoms with Crippen molar-refractivity contribution in [2.75, 3.05) is 13.7 Å². The SMILES string of the molecule is CCOc1ccc(OC(C)CC(=O)OC)cc1. The summed E-state index contributed by atoms with van der Waals surface area (Å²) in [6, 6.07) is 7.31. The minimum absolute atomic E-state index is 0.208. The van der Waals surface area contributed by atoms with Crippen LogP contribution < -0.4 is 9.47 Å². The van der Waals surface area contributed by atoms with E-state index in [1.54, 1.807) is 0 Å². The molecule has 94 valence electrons. The van der Waals surface area contributed by atoms with Gasteiger partial charge in [-0.3, -0.25) is 4.79 Å². The van der Waals surface area contributed by atoms with Crippen LogP contribution in [0.2, 0.25) is 0 Å². The number of ether oxygens (including phenoxy) is 3. The maximum atomic E-state index is 11.0. The molecule has 0 aliphatic heterocycles. The molecule has 0 heterocycles. The van der Waals surface area contributed by atoms with E-state index in [-0.39, 0.29) is 18.5 Å². The first-order chi connectivity index (χ1) is 8.15. The first kappa shape index (κ1) is 13.4. The topological polar surface area (TPSA) is 44.8 Å². The molecular formula is C13H18O4. The van der Waals surface area contributed by atoms with Crippen molar-refractivity contribution < 1.29 is 19.0 Å². The van der Waals surface area contributed by atoms with Gasteiger partial charge in [0.05, 0.1) is 20.1 Å². The summed E-state index contributed by atoms with van der Waals surface area (Å²) in [5.74, 6) is 1.24. The number of esters is 1. The van der Waals surface area contributed by atoms with Gasteiger partial charge >= 0.3 is 5.97 Å². The van der Waals surface area contributed by atoms with E-state index in [2.05, 4.69) is 4.74 Å². The van der Waals surface area contributed by atoms with Gasteiger partial charge < -0.3 is 14.2 Å². The third-order valence-electron chi connectivity index (χ3n) is 2.15. The van der Waals surface area contributed by atoms with Crippen LogP contribution in [0.4, 0.5) is 0 Å². The van der Waals surface area contributed by atoms with E-state index >= 15 is 0 Å². The van der Waals surface area contributed by atoms with Gasteiger partial charge in [-0.05, 0) is 38.1 Å². The first-order valence-electron chi connectivity index (χ1n) is 5.62. The molecule has 0 fully saturated rings. The van der Waals surface area contributed by atoms with Crippen molar-refractivity contribution in [3.05, 3.63) is 24.3 Å². The quantitative estimate of drug-likeness (QED) is 0.714. The van der Waals surface area contributed by atoms with Crippen LogP contribution in [0.1, 0.15) is 20.3 Å². The lowest BCUT2D eigenvalue weighted by Gasteiger charge is -2.13. The number of hydrogen-bond donors (Lipinski definition) is 0. The summed E-state index contributed by atoms with van der Waals surface area (Å²) < 4.78 is 15.5. The van der Waals surface area contributed by atoms with Gasteiger partial charge in [0.25, 0.3) is 0 Å².